The topological polar surface area (TPSA) is 45.5 Å². The van der Waals surface area contributed by atoms with Gasteiger partial charge < -0.3 is 9.47 Å². The van der Waals surface area contributed by atoms with Crippen LogP contribution in [0, 0.1) is 11.3 Å². The highest BCUT2D eigenvalue weighted by Gasteiger charge is 2.30. The van der Waals surface area contributed by atoms with Gasteiger partial charge in [-0.3, -0.25) is 4.90 Å². The quantitative estimate of drug-likeness (QED) is 0.740. The van der Waals surface area contributed by atoms with Crippen LogP contribution < -0.4 is 4.74 Å². The molecule has 0 bridgehead atoms. The average molecular weight is 302 g/mol. The largest absolute Gasteiger partial charge is 0.492 e. The van der Waals surface area contributed by atoms with E-state index in [4.69, 9.17) is 14.7 Å². The number of nitriles is 1. The van der Waals surface area contributed by atoms with E-state index in [1.54, 1.807) is 24.3 Å². The molecule has 0 spiro atoms. The van der Waals surface area contributed by atoms with Gasteiger partial charge in [-0.2, -0.15) is 18.4 Å². The predicted octanol–water partition coefficient (Wildman–Crippen LogP) is 2.45. The van der Waals surface area contributed by atoms with Gasteiger partial charge in [0.15, 0.2) is 0 Å². The van der Waals surface area contributed by atoms with Crippen LogP contribution in [0.1, 0.15) is 5.56 Å². The molecule has 21 heavy (non-hydrogen) atoms. The van der Waals surface area contributed by atoms with Crippen molar-refractivity contribution >= 4 is 0 Å². The van der Waals surface area contributed by atoms with Crippen LogP contribution >= 0.6 is 0 Å². The highest BCUT2D eigenvalue weighted by Crippen LogP contribution is 2.16. The Bertz CT molecular complexity index is 455. The standard InChI is InChI=1S/C14H17F3N2O2/c1-20-8-6-19(11-14(15,16)17)7-9-21-13-4-2-12(10-18)3-5-13/h2-5H,6-9,11H2,1H3. The zero-order valence-corrected chi connectivity index (χ0v) is 11.7. The molecule has 0 aliphatic heterocycles. The maximum absolute atomic E-state index is 12.4. The zero-order valence-electron chi connectivity index (χ0n) is 11.7. The molecule has 116 valence electrons. The van der Waals surface area contributed by atoms with Crippen LogP contribution in [0.15, 0.2) is 24.3 Å². The number of ether oxygens (including phenoxy) is 2. The molecular weight excluding hydrogens is 285 g/mol. The van der Waals surface area contributed by atoms with Crippen molar-refractivity contribution in [1.82, 2.24) is 4.90 Å². The molecule has 0 saturated heterocycles. The number of methoxy groups -OCH3 is 1. The van der Waals surface area contributed by atoms with Crippen molar-refractivity contribution in [2.45, 2.75) is 6.18 Å². The smallest absolute Gasteiger partial charge is 0.401 e. The number of alkyl halides is 3. The molecule has 0 unspecified atom stereocenters. The Labute approximate surface area is 121 Å². The summed E-state index contributed by atoms with van der Waals surface area (Å²) in [6.45, 7) is -0.304. The normalized spacial score (nSPS) is 11.4. The summed E-state index contributed by atoms with van der Waals surface area (Å²) in [5.74, 6) is 0.521. The zero-order chi connectivity index (χ0) is 15.7. The number of halogens is 3. The minimum Gasteiger partial charge on any atom is -0.492 e. The van der Waals surface area contributed by atoms with E-state index in [0.29, 0.717) is 11.3 Å². The lowest BCUT2D eigenvalue weighted by Gasteiger charge is -2.23. The van der Waals surface area contributed by atoms with Gasteiger partial charge in [-0.05, 0) is 24.3 Å². The van der Waals surface area contributed by atoms with Gasteiger partial charge in [-0.1, -0.05) is 0 Å². The molecule has 0 fully saturated rings. The summed E-state index contributed by atoms with van der Waals surface area (Å²) in [5, 5.41) is 8.65. The molecule has 4 nitrogen and oxygen atoms in total. The van der Waals surface area contributed by atoms with E-state index in [-0.39, 0.29) is 26.3 Å². The molecule has 0 radical (unpaired) electrons. The van der Waals surface area contributed by atoms with Gasteiger partial charge in [0.2, 0.25) is 0 Å². The Morgan fingerprint density at radius 2 is 1.76 bits per heavy atom. The molecule has 0 aliphatic rings. The first kappa shape index (κ1) is 17.3. The lowest BCUT2D eigenvalue weighted by Crippen LogP contribution is -2.38. The van der Waals surface area contributed by atoms with Crippen molar-refractivity contribution in [2.24, 2.45) is 0 Å². The van der Waals surface area contributed by atoms with Crippen molar-refractivity contribution in [1.29, 1.82) is 5.26 Å². The summed E-state index contributed by atoms with van der Waals surface area (Å²) in [4.78, 5) is 1.23. The SMILES string of the molecule is COCCN(CCOc1ccc(C#N)cc1)CC(F)(F)F. The van der Waals surface area contributed by atoms with Crippen LogP contribution in [-0.2, 0) is 4.74 Å². The maximum atomic E-state index is 12.4. The lowest BCUT2D eigenvalue weighted by atomic mass is 10.2. The van der Waals surface area contributed by atoms with E-state index in [0.717, 1.165) is 0 Å². The van der Waals surface area contributed by atoms with Crippen LogP contribution in [0.3, 0.4) is 0 Å². The van der Waals surface area contributed by atoms with E-state index in [1.165, 1.54) is 12.0 Å². The number of nitrogens with zero attached hydrogens (tertiary/aromatic N) is 2. The Morgan fingerprint density at radius 1 is 1.14 bits per heavy atom. The van der Waals surface area contributed by atoms with Gasteiger partial charge in [0.25, 0.3) is 0 Å². The first-order valence-electron chi connectivity index (χ1n) is 6.35. The summed E-state index contributed by atoms with van der Waals surface area (Å²) in [6.07, 6.45) is -4.25. The van der Waals surface area contributed by atoms with Gasteiger partial charge in [-0.25, -0.2) is 0 Å². The van der Waals surface area contributed by atoms with Crippen molar-refractivity contribution in [2.75, 3.05) is 40.0 Å². The van der Waals surface area contributed by atoms with Gasteiger partial charge in [0.1, 0.15) is 12.4 Å². The molecule has 0 aromatic heterocycles. The third-order valence-corrected chi connectivity index (χ3v) is 2.67. The fourth-order valence-corrected chi connectivity index (χ4v) is 1.66. The minimum absolute atomic E-state index is 0.131. The van der Waals surface area contributed by atoms with E-state index in [2.05, 4.69) is 0 Å². The number of hydrogen-bond acceptors (Lipinski definition) is 4. The third-order valence-electron chi connectivity index (χ3n) is 2.67. The van der Waals surface area contributed by atoms with Gasteiger partial charge >= 0.3 is 6.18 Å². The van der Waals surface area contributed by atoms with E-state index in [1.807, 2.05) is 6.07 Å². The second-order valence-electron chi connectivity index (χ2n) is 4.37. The summed E-state index contributed by atoms with van der Waals surface area (Å²) >= 11 is 0. The first-order chi connectivity index (χ1) is 9.94. The molecule has 0 heterocycles. The van der Waals surface area contributed by atoms with Crippen molar-refractivity contribution < 1.29 is 22.6 Å². The summed E-state index contributed by atoms with van der Waals surface area (Å²) in [5.41, 5.74) is 0.501. The van der Waals surface area contributed by atoms with Crippen LogP contribution in [0.25, 0.3) is 0 Å². The molecule has 0 N–H and O–H groups in total. The van der Waals surface area contributed by atoms with Crippen molar-refractivity contribution in [3.05, 3.63) is 29.8 Å². The van der Waals surface area contributed by atoms with Crippen LogP contribution in [0.5, 0.6) is 5.75 Å². The summed E-state index contributed by atoms with van der Waals surface area (Å²) in [6, 6.07) is 8.38. The van der Waals surface area contributed by atoms with Gasteiger partial charge in [0.05, 0.1) is 24.8 Å². The molecule has 0 aliphatic carbocycles. The fraction of sp³-hybridized carbons (Fsp3) is 0.500. The molecule has 7 heteroatoms. The monoisotopic (exact) mass is 302 g/mol. The van der Waals surface area contributed by atoms with E-state index < -0.39 is 12.7 Å². The van der Waals surface area contributed by atoms with Gasteiger partial charge in [0, 0.05) is 20.2 Å². The van der Waals surface area contributed by atoms with E-state index in [9.17, 15) is 13.2 Å². The molecule has 1 aromatic carbocycles. The van der Waals surface area contributed by atoms with Crippen molar-refractivity contribution in [3.63, 3.8) is 0 Å². The highest BCUT2D eigenvalue weighted by atomic mass is 19.4. The second kappa shape index (κ2) is 8.49. The Hall–Kier alpha value is -1.78. The number of rotatable bonds is 8. The van der Waals surface area contributed by atoms with Gasteiger partial charge in [-0.15, -0.1) is 0 Å². The maximum Gasteiger partial charge on any atom is 0.401 e. The van der Waals surface area contributed by atoms with E-state index >= 15 is 0 Å². The second-order valence-corrected chi connectivity index (χ2v) is 4.37. The summed E-state index contributed by atoms with van der Waals surface area (Å²) in [7, 11) is 1.44. The molecule has 0 atom stereocenters. The molecule has 1 aromatic rings. The average Bonchev–Trinajstić information content (AvgIpc) is 2.44. The Balaban J connectivity index is 2.42. The molecular formula is C14H17F3N2O2. The Kier molecular flexibility index (Phi) is 6.99. The number of benzene rings is 1. The van der Waals surface area contributed by atoms with Crippen LogP contribution in [-0.4, -0.2) is 51.0 Å². The van der Waals surface area contributed by atoms with Crippen molar-refractivity contribution in [3.8, 4) is 11.8 Å². The molecule has 1 rings (SSSR count). The lowest BCUT2D eigenvalue weighted by molar-refractivity contribution is -0.147. The summed E-state index contributed by atoms with van der Waals surface area (Å²) < 4.78 is 47.4. The van der Waals surface area contributed by atoms with Crippen LogP contribution in [0.4, 0.5) is 13.2 Å². The predicted molar refractivity (Wildman–Crippen MR) is 71.0 cm³/mol. The van der Waals surface area contributed by atoms with Crippen LogP contribution in [0.2, 0.25) is 0 Å². The third kappa shape index (κ3) is 7.54. The molecule has 0 amide bonds. The molecule has 0 saturated carbocycles. The minimum atomic E-state index is -4.25. The highest BCUT2D eigenvalue weighted by molar-refractivity contribution is 5.34. The first-order valence-corrected chi connectivity index (χ1v) is 6.35. The fourth-order valence-electron chi connectivity index (χ4n) is 1.66. The number of hydrogen-bond donors (Lipinski definition) is 0. The Morgan fingerprint density at radius 3 is 2.29 bits per heavy atom.